The van der Waals surface area contributed by atoms with Gasteiger partial charge in [0.2, 0.25) is 0 Å². The van der Waals surface area contributed by atoms with Crippen LogP contribution >= 0.6 is 0 Å². The zero-order valence-corrected chi connectivity index (χ0v) is 11.4. The molecule has 0 unspecified atom stereocenters. The van der Waals surface area contributed by atoms with Crippen LogP contribution in [0.2, 0.25) is 0 Å². The third-order valence-corrected chi connectivity index (χ3v) is 3.11. The maximum Gasteiger partial charge on any atom is 0.317 e. The first kappa shape index (κ1) is 15.9. The lowest BCUT2D eigenvalue weighted by Crippen LogP contribution is -1.97. The zero-order chi connectivity index (χ0) is 15.1. The Balaban J connectivity index is 2.88. The van der Waals surface area contributed by atoms with Gasteiger partial charge in [-0.25, -0.2) is 0 Å². The molecule has 0 saturated heterocycles. The molecule has 0 amide bonds. The van der Waals surface area contributed by atoms with E-state index in [4.69, 9.17) is 0 Å². The molecule has 0 spiro atoms. The molecule has 0 saturated carbocycles. The average molecular weight is 282 g/mol. The molecule has 1 rings (SSSR count). The molecule has 0 aliphatic heterocycles. The summed E-state index contributed by atoms with van der Waals surface area (Å²) in [6, 6.07) is 2.00. The minimum absolute atomic E-state index is 0.266. The highest BCUT2D eigenvalue weighted by molar-refractivity contribution is 5.57. The predicted molar refractivity (Wildman–Crippen MR) is 73.9 cm³/mol. The van der Waals surface area contributed by atoms with Gasteiger partial charge in [0.25, 0.3) is 5.69 Å². The summed E-state index contributed by atoms with van der Waals surface area (Å²) < 4.78 is 0. The molecule has 7 nitrogen and oxygen atoms in total. The minimum Gasteiger partial charge on any atom is -0.502 e. The number of benzene rings is 1. The van der Waals surface area contributed by atoms with Crippen molar-refractivity contribution in [3.05, 3.63) is 37.9 Å². The van der Waals surface area contributed by atoms with Gasteiger partial charge < -0.3 is 5.11 Å². The highest BCUT2D eigenvalue weighted by Crippen LogP contribution is 2.35. The van der Waals surface area contributed by atoms with Crippen molar-refractivity contribution in [2.75, 3.05) is 0 Å². The number of nitro benzene ring substituents is 2. The number of phenolic OH excluding ortho intramolecular Hbond substituents is 1. The number of nitrogens with zero attached hydrogens (tertiary/aromatic N) is 2. The summed E-state index contributed by atoms with van der Waals surface area (Å²) in [6.07, 6.45) is 5.34. The molecular formula is C13H18N2O5. The van der Waals surface area contributed by atoms with Crippen molar-refractivity contribution in [1.29, 1.82) is 0 Å². The van der Waals surface area contributed by atoms with Crippen LogP contribution in [0.5, 0.6) is 5.75 Å². The van der Waals surface area contributed by atoms with E-state index in [-0.39, 0.29) is 11.3 Å². The van der Waals surface area contributed by atoms with Crippen molar-refractivity contribution in [2.24, 2.45) is 0 Å². The molecule has 1 aromatic rings. The lowest BCUT2D eigenvalue weighted by Gasteiger charge is -2.05. The fraction of sp³-hybridized carbons (Fsp3) is 0.538. The van der Waals surface area contributed by atoms with Crippen molar-refractivity contribution < 1.29 is 15.0 Å². The zero-order valence-electron chi connectivity index (χ0n) is 11.4. The second kappa shape index (κ2) is 7.42. The first-order valence-electron chi connectivity index (χ1n) is 6.62. The molecule has 20 heavy (non-hydrogen) atoms. The highest BCUT2D eigenvalue weighted by atomic mass is 16.6. The van der Waals surface area contributed by atoms with Crippen LogP contribution < -0.4 is 0 Å². The van der Waals surface area contributed by atoms with Crippen LogP contribution in [0, 0.1) is 20.2 Å². The molecule has 0 aliphatic rings. The smallest absolute Gasteiger partial charge is 0.317 e. The second-order valence-electron chi connectivity index (χ2n) is 4.65. The van der Waals surface area contributed by atoms with E-state index >= 15 is 0 Å². The Hall–Kier alpha value is -2.18. The fourth-order valence-corrected chi connectivity index (χ4v) is 2.02. The van der Waals surface area contributed by atoms with E-state index in [1.54, 1.807) is 0 Å². The number of aryl methyl sites for hydroxylation is 1. The summed E-state index contributed by atoms with van der Waals surface area (Å²) in [5, 5.41) is 31.3. The Kier molecular flexibility index (Phi) is 5.89. The summed E-state index contributed by atoms with van der Waals surface area (Å²) in [7, 11) is 0. The Morgan fingerprint density at radius 2 is 1.70 bits per heavy atom. The maximum atomic E-state index is 10.8. The maximum absolute atomic E-state index is 10.8. The van der Waals surface area contributed by atoms with E-state index in [1.165, 1.54) is 6.07 Å². The van der Waals surface area contributed by atoms with Crippen LogP contribution in [0.4, 0.5) is 11.4 Å². The molecule has 0 aliphatic carbocycles. The molecule has 7 heteroatoms. The third-order valence-electron chi connectivity index (χ3n) is 3.11. The number of non-ortho nitro benzene ring substituents is 1. The molecule has 0 atom stereocenters. The van der Waals surface area contributed by atoms with Crippen LogP contribution in [0.15, 0.2) is 12.1 Å². The first-order valence-corrected chi connectivity index (χ1v) is 6.62. The summed E-state index contributed by atoms with van der Waals surface area (Å²) >= 11 is 0. The lowest BCUT2D eigenvalue weighted by molar-refractivity contribution is -0.394. The molecule has 110 valence electrons. The molecule has 0 heterocycles. The van der Waals surface area contributed by atoms with E-state index in [9.17, 15) is 25.3 Å². The molecule has 0 fully saturated rings. The average Bonchev–Trinajstić information content (AvgIpc) is 2.39. The van der Waals surface area contributed by atoms with Crippen molar-refractivity contribution in [3.63, 3.8) is 0 Å². The van der Waals surface area contributed by atoms with Gasteiger partial charge in [-0.2, -0.15) is 0 Å². The van der Waals surface area contributed by atoms with E-state index in [1.807, 2.05) is 0 Å². The molecule has 0 aromatic heterocycles. The fourth-order valence-electron chi connectivity index (χ4n) is 2.02. The Morgan fingerprint density at radius 3 is 2.25 bits per heavy atom. The first-order chi connectivity index (χ1) is 9.47. The predicted octanol–water partition coefficient (Wildman–Crippen LogP) is 3.72. The quantitative estimate of drug-likeness (QED) is 0.444. The van der Waals surface area contributed by atoms with Crippen LogP contribution in [-0.2, 0) is 6.42 Å². The number of hydrogen-bond acceptors (Lipinski definition) is 5. The number of hydrogen-bond donors (Lipinski definition) is 1. The highest BCUT2D eigenvalue weighted by Gasteiger charge is 2.23. The van der Waals surface area contributed by atoms with Gasteiger partial charge >= 0.3 is 5.69 Å². The lowest BCUT2D eigenvalue weighted by atomic mass is 10.0. The number of nitro groups is 2. The van der Waals surface area contributed by atoms with E-state index in [0.29, 0.717) is 6.42 Å². The Bertz CT molecular complexity index is 502. The van der Waals surface area contributed by atoms with Crippen molar-refractivity contribution in [1.82, 2.24) is 0 Å². The van der Waals surface area contributed by atoms with Gasteiger partial charge in [-0.3, -0.25) is 20.2 Å². The normalized spacial score (nSPS) is 10.4. The second-order valence-corrected chi connectivity index (χ2v) is 4.65. The standard InChI is InChI=1S/C13H18N2O5/c1-2-3-4-5-6-7-10-8-11(14(17)18)9-12(13(10)16)15(19)20/h8-9,16H,2-7H2,1H3. The molecule has 0 radical (unpaired) electrons. The van der Waals surface area contributed by atoms with Crippen molar-refractivity contribution in [2.45, 2.75) is 45.4 Å². The monoisotopic (exact) mass is 282 g/mol. The van der Waals surface area contributed by atoms with E-state index < -0.39 is 21.3 Å². The van der Waals surface area contributed by atoms with Crippen molar-refractivity contribution in [3.8, 4) is 5.75 Å². The molecule has 1 N–H and O–H groups in total. The number of rotatable bonds is 8. The van der Waals surface area contributed by atoms with Gasteiger partial charge in [0.1, 0.15) is 0 Å². The van der Waals surface area contributed by atoms with Crippen LogP contribution in [0.3, 0.4) is 0 Å². The van der Waals surface area contributed by atoms with Crippen molar-refractivity contribution >= 4 is 11.4 Å². The van der Waals surface area contributed by atoms with E-state index in [0.717, 1.165) is 38.2 Å². The largest absolute Gasteiger partial charge is 0.502 e. The minimum atomic E-state index is -0.803. The van der Waals surface area contributed by atoms with Gasteiger partial charge in [0.05, 0.1) is 15.9 Å². The van der Waals surface area contributed by atoms with Crippen LogP contribution in [0.25, 0.3) is 0 Å². The van der Waals surface area contributed by atoms with Gasteiger partial charge in [-0.1, -0.05) is 32.6 Å². The topological polar surface area (TPSA) is 107 Å². The summed E-state index contributed by atoms with van der Waals surface area (Å²) in [6.45, 7) is 2.09. The van der Waals surface area contributed by atoms with Gasteiger partial charge in [0, 0.05) is 11.6 Å². The van der Waals surface area contributed by atoms with Gasteiger partial charge in [-0.05, 0) is 12.8 Å². The Morgan fingerprint density at radius 1 is 1.05 bits per heavy atom. The molecule has 0 bridgehead atoms. The summed E-state index contributed by atoms with van der Waals surface area (Å²) in [5.74, 6) is -0.462. The van der Waals surface area contributed by atoms with Crippen LogP contribution in [-0.4, -0.2) is 15.0 Å². The van der Waals surface area contributed by atoms with Crippen LogP contribution in [0.1, 0.15) is 44.6 Å². The number of unbranched alkanes of at least 4 members (excludes halogenated alkanes) is 4. The summed E-state index contributed by atoms with van der Waals surface area (Å²) in [5.41, 5.74) is -0.705. The SMILES string of the molecule is CCCCCCCc1cc([N+](=O)[O-])cc([N+](=O)[O-])c1O. The molecular weight excluding hydrogens is 264 g/mol. The number of aromatic hydroxyl groups is 1. The Labute approximate surface area is 116 Å². The third kappa shape index (κ3) is 4.18. The summed E-state index contributed by atoms with van der Waals surface area (Å²) in [4.78, 5) is 20.1. The van der Waals surface area contributed by atoms with Gasteiger partial charge in [-0.15, -0.1) is 0 Å². The van der Waals surface area contributed by atoms with Gasteiger partial charge in [0.15, 0.2) is 5.75 Å². The molecule has 1 aromatic carbocycles. The van der Waals surface area contributed by atoms with E-state index in [2.05, 4.69) is 6.92 Å². The number of phenols is 1.